The first-order valence-corrected chi connectivity index (χ1v) is 6.97. The maximum absolute atomic E-state index is 12.1. The van der Waals surface area contributed by atoms with Gasteiger partial charge in [-0.25, -0.2) is 0 Å². The number of amides is 1. The summed E-state index contributed by atoms with van der Waals surface area (Å²) in [7, 11) is 0. The van der Waals surface area contributed by atoms with Gasteiger partial charge < -0.3 is 4.90 Å². The minimum atomic E-state index is -1.08. The second-order valence-corrected chi connectivity index (χ2v) is 7.07. The number of carbonyl (C=O) groups is 2. The molecule has 2 aliphatic heterocycles. The molecule has 2 rings (SSSR count). The Labute approximate surface area is 117 Å². The van der Waals surface area contributed by atoms with Gasteiger partial charge in [-0.2, -0.15) is 0 Å². The summed E-state index contributed by atoms with van der Waals surface area (Å²) < 4.78 is 0. The lowest BCUT2D eigenvalue weighted by molar-refractivity contribution is -0.147. The standard InChI is InChI=1S/C12H18Cl2N2O2/c1-11(2)6-7(9(18)10(13)14)16-8(17)4-5-12(16,3)15-11/h7,10,15H,4-6H2,1-3H3. The van der Waals surface area contributed by atoms with Crippen molar-refractivity contribution in [3.63, 3.8) is 0 Å². The molecule has 1 amide bonds. The van der Waals surface area contributed by atoms with Gasteiger partial charge in [0.15, 0.2) is 10.6 Å². The van der Waals surface area contributed by atoms with Gasteiger partial charge in [0.25, 0.3) is 0 Å². The SMILES string of the molecule is CC1(C)CC(C(=O)C(Cl)Cl)N2C(=O)CCC2(C)N1. The molecule has 2 aliphatic rings. The molecule has 0 radical (unpaired) electrons. The number of halogens is 2. The molecule has 4 nitrogen and oxygen atoms in total. The molecular weight excluding hydrogens is 275 g/mol. The van der Waals surface area contributed by atoms with Crippen molar-refractivity contribution in [2.24, 2.45) is 0 Å². The van der Waals surface area contributed by atoms with Crippen LogP contribution in [0.15, 0.2) is 0 Å². The number of Topliss-reactive ketones (excluding diaryl/α,β-unsaturated/α-hetero) is 1. The van der Waals surface area contributed by atoms with Crippen molar-refractivity contribution >= 4 is 34.9 Å². The Morgan fingerprint density at radius 1 is 1.44 bits per heavy atom. The minimum absolute atomic E-state index is 0.00664. The molecule has 2 heterocycles. The molecule has 2 unspecified atom stereocenters. The second-order valence-electron chi connectivity index (χ2n) is 5.97. The number of carbonyl (C=O) groups excluding carboxylic acids is 2. The van der Waals surface area contributed by atoms with Crippen molar-refractivity contribution in [2.75, 3.05) is 0 Å². The van der Waals surface area contributed by atoms with Gasteiger partial charge in [-0.15, -0.1) is 0 Å². The van der Waals surface area contributed by atoms with E-state index in [0.717, 1.165) is 0 Å². The summed E-state index contributed by atoms with van der Waals surface area (Å²) in [6, 6.07) is -0.527. The van der Waals surface area contributed by atoms with E-state index in [1.54, 1.807) is 4.90 Å². The summed E-state index contributed by atoms with van der Waals surface area (Å²) in [6.07, 6.45) is 1.69. The third-order valence-corrected chi connectivity index (χ3v) is 4.22. The van der Waals surface area contributed by atoms with E-state index >= 15 is 0 Å². The van der Waals surface area contributed by atoms with Crippen LogP contribution in [-0.4, -0.2) is 38.7 Å². The Balaban J connectivity index is 2.37. The fraction of sp³-hybridized carbons (Fsp3) is 0.833. The van der Waals surface area contributed by atoms with Gasteiger partial charge in [-0.1, -0.05) is 23.2 Å². The van der Waals surface area contributed by atoms with Gasteiger partial charge in [0, 0.05) is 12.0 Å². The van der Waals surface area contributed by atoms with Crippen LogP contribution in [0.2, 0.25) is 0 Å². The maximum atomic E-state index is 12.1. The van der Waals surface area contributed by atoms with Crippen molar-refractivity contribution in [1.29, 1.82) is 0 Å². The van der Waals surface area contributed by atoms with Crippen LogP contribution >= 0.6 is 23.2 Å². The van der Waals surface area contributed by atoms with Crippen molar-refractivity contribution in [3.05, 3.63) is 0 Å². The Morgan fingerprint density at radius 2 is 2.06 bits per heavy atom. The Morgan fingerprint density at radius 3 is 2.61 bits per heavy atom. The monoisotopic (exact) mass is 292 g/mol. The van der Waals surface area contributed by atoms with Crippen LogP contribution in [0.4, 0.5) is 0 Å². The van der Waals surface area contributed by atoms with Crippen LogP contribution in [0.1, 0.15) is 40.0 Å². The van der Waals surface area contributed by atoms with Gasteiger partial charge in [-0.05, 0) is 33.6 Å². The molecule has 0 bridgehead atoms. The number of nitrogens with one attached hydrogen (secondary N) is 1. The minimum Gasteiger partial charge on any atom is -0.314 e. The van der Waals surface area contributed by atoms with E-state index in [0.29, 0.717) is 19.3 Å². The van der Waals surface area contributed by atoms with Crippen molar-refractivity contribution < 1.29 is 9.59 Å². The molecule has 18 heavy (non-hydrogen) atoms. The number of nitrogens with zero attached hydrogens (tertiary/aromatic N) is 1. The summed E-state index contributed by atoms with van der Waals surface area (Å²) in [6.45, 7) is 6.00. The molecule has 0 aromatic carbocycles. The van der Waals surface area contributed by atoms with Crippen molar-refractivity contribution in [1.82, 2.24) is 10.2 Å². The van der Waals surface area contributed by atoms with E-state index in [-0.39, 0.29) is 17.2 Å². The van der Waals surface area contributed by atoms with Gasteiger partial charge in [0.2, 0.25) is 5.91 Å². The van der Waals surface area contributed by atoms with Gasteiger partial charge in [0.05, 0.1) is 11.7 Å². The van der Waals surface area contributed by atoms with E-state index in [4.69, 9.17) is 23.2 Å². The topological polar surface area (TPSA) is 49.4 Å². The number of ketones is 1. The first kappa shape index (κ1) is 14.1. The fourth-order valence-electron chi connectivity index (χ4n) is 3.23. The van der Waals surface area contributed by atoms with Gasteiger partial charge >= 0.3 is 0 Å². The third-order valence-electron chi connectivity index (χ3n) is 3.79. The highest BCUT2D eigenvalue weighted by Gasteiger charge is 2.54. The number of hydrogen-bond acceptors (Lipinski definition) is 3. The van der Waals surface area contributed by atoms with Crippen LogP contribution < -0.4 is 5.32 Å². The molecule has 2 fully saturated rings. The highest BCUT2D eigenvalue weighted by atomic mass is 35.5. The molecule has 0 saturated carbocycles. The molecule has 0 aromatic heterocycles. The molecule has 0 aromatic rings. The Hall–Kier alpha value is -0.320. The van der Waals surface area contributed by atoms with E-state index < -0.39 is 16.5 Å². The van der Waals surface area contributed by atoms with Crippen LogP contribution in [0.3, 0.4) is 0 Å². The quantitative estimate of drug-likeness (QED) is 0.790. The molecule has 1 N–H and O–H groups in total. The molecule has 0 spiro atoms. The average Bonchev–Trinajstić information content (AvgIpc) is 2.50. The van der Waals surface area contributed by atoms with E-state index in [1.807, 2.05) is 20.8 Å². The zero-order valence-electron chi connectivity index (χ0n) is 10.8. The Bertz CT molecular complexity index is 398. The number of rotatable bonds is 2. The molecule has 102 valence electrons. The normalized spacial score (nSPS) is 34.9. The lowest BCUT2D eigenvalue weighted by atomic mass is 9.85. The summed E-state index contributed by atoms with van der Waals surface area (Å²) >= 11 is 11.4. The first-order valence-electron chi connectivity index (χ1n) is 6.10. The summed E-state index contributed by atoms with van der Waals surface area (Å²) in [5, 5.41) is 3.45. The highest BCUT2D eigenvalue weighted by Crippen LogP contribution is 2.39. The van der Waals surface area contributed by atoms with E-state index in [9.17, 15) is 9.59 Å². The van der Waals surface area contributed by atoms with Crippen molar-refractivity contribution in [2.45, 2.75) is 62.1 Å². The van der Waals surface area contributed by atoms with Gasteiger partial charge in [-0.3, -0.25) is 14.9 Å². The molecule has 0 aliphatic carbocycles. The summed E-state index contributed by atoms with van der Waals surface area (Å²) in [4.78, 5) is 24.7. The largest absolute Gasteiger partial charge is 0.314 e. The summed E-state index contributed by atoms with van der Waals surface area (Å²) in [5.74, 6) is -0.290. The second kappa shape index (κ2) is 4.36. The molecule has 6 heteroatoms. The predicted octanol–water partition coefficient (Wildman–Crippen LogP) is 1.84. The number of hydrogen-bond donors (Lipinski definition) is 1. The Kier molecular flexibility index (Phi) is 3.41. The number of alkyl halides is 2. The summed E-state index contributed by atoms with van der Waals surface area (Å²) in [5.41, 5.74) is -0.694. The smallest absolute Gasteiger partial charge is 0.224 e. The average molecular weight is 293 g/mol. The number of fused-ring (bicyclic) bond motifs is 1. The predicted molar refractivity (Wildman–Crippen MR) is 70.6 cm³/mol. The van der Waals surface area contributed by atoms with Crippen LogP contribution in [0.5, 0.6) is 0 Å². The lowest BCUT2D eigenvalue weighted by Gasteiger charge is -2.52. The maximum Gasteiger partial charge on any atom is 0.224 e. The van der Waals surface area contributed by atoms with Crippen molar-refractivity contribution in [3.8, 4) is 0 Å². The molecular formula is C12H18Cl2N2O2. The zero-order chi connectivity index (χ0) is 13.7. The zero-order valence-corrected chi connectivity index (χ0v) is 12.3. The lowest BCUT2D eigenvalue weighted by Crippen LogP contribution is -2.71. The molecule has 2 saturated heterocycles. The van der Waals surface area contributed by atoms with Crippen LogP contribution in [0, 0.1) is 0 Å². The highest BCUT2D eigenvalue weighted by molar-refractivity contribution is 6.54. The van der Waals surface area contributed by atoms with E-state index in [1.165, 1.54) is 0 Å². The first-order chi connectivity index (χ1) is 8.16. The van der Waals surface area contributed by atoms with Crippen LogP contribution in [0.25, 0.3) is 0 Å². The fourth-order valence-corrected chi connectivity index (χ4v) is 3.53. The third kappa shape index (κ3) is 2.26. The van der Waals surface area contributed by atoms with Crippen LogP contribution in [-0.2, 0) is 9.59 Å². The molecule has 2 atom stereocenters. The van der Waals surface area contributed by atoms with Gasteiger partial charge in [0.1, 0.15) is 0 Å². The van der Waals surface area contributed by atoms with E-state index in [2.05, 4.69) is 5.32 Å².